The van der Waals surface area contributed by atoms with Crippen LogP contribution in [0.4, 0.5) is 0 Å². The minimum Gasteiger partial charge on any atom is -0.740 e. The van der Waals surface area contributed by atoms with Crippen LogP contribution in [-0.4, -0.2) is 9.38 Å². The van der Waals surface area contributed by atoms with Crippen molar-refractivity contribution < 1.29 is 4.73 Å². The van der Waals surface area contributed by atoms with E-state index in [0.29, 0.717) is 5.78 Å². The van der Waals surface area contributed by atoms with E-state index in [1.807, 2.05) is 0 Å². The summed E-state index contributed by atoms with van der Waals surface area (Å²) in [6.07, 6.45) is 6.44. The first kappa shape index (κ1) is 5.22. The molecule has 0 fully saturated rings. The van der Waals surface area contributed by atoms with Crippen molar-refractivity contribution >= 4 is 5.78 Å². The van der Waals surface area contributed by atoms with Gasteiger partial charge in [0.2, 0.25) is 0 Å². The Kier molecular flexibility index (Phi) is 0.887. The fraction of sp³-hybridized carbons (Fsp3) is 0. The lowest BCUT2D eigenvalue weighted by atomic mass is 10.7. The van der Waals surface area contributed by atoms with Gasteiger partial charge in [-0.25, -0.2) is 9.13 Å². The molecule has 0 saturated carbocycles. The Hall–Kier alpha value is -1.58. The molecule has 2 aromatic heterocycles. The van der Waals surface area contributed by atoms with Crippen LogP contribution in [0, 0.1) is 5.21 Å². The minimum atomic E-state index is 0.405. The summed E-state index contributed by atoms with van der Waals surface area (Å²) in [6.45, 7) is 0. The van der Waals surface area contributed by atoms with E-state index in [2.05, 4.69) is 4.98 Å². The van der Waals surface area contributed by atoms with Crippen LogP contribution < -0.4 is 4.73 Å². The van der Waals surface area contributed by atoms with E-state index in [-0.39, 0.29) is 0 Å². The van der Waals surface area contributed by atoms with E-state index in [4.69, 9.17) is 0 Å². The minimum absolute atomic E-state index is 0.405. The Labute approximate surface area is 56.9 Å². The third kappa shape index (κ3) is 0.556. The monoisotopic (exact) mass is 135 g/mol. The summed E-state index contributed by atoms with van der Waals surface area (Å²) < 4.78 is 2.38. The highest BCUT2D eigenvalue weighted by Crippen LogP contribution is 1.90. The van der Waals surface area contributed by atoms with Crippen LogP contribution in [0.2, 0.25) is 0 Å². The lowest BCUT2D eigenvalue weighted by molar-refractivity contribution is -0.578. The first-order valence-electron chi connectivity index (χ1n) is 2.89. The van der Waals surface area contributed by atoms with Crippen molar-refractivity contribution in [3.05, 3.63) is 36.1 Å². The third-order valence-electron chi connectivity index (χ3n) is 1.31. The van der Waals surface area contributed by atoms with Crippen molar-refractivity contribution in [2.24, 2.45) is 0 Å². The predicted molar refractivity (Wildman–Crippen MR) is 34.2 cm³/mol. The summed E-state index contributed by atoms with van der Waals surface area (Å²) in [4.78, 5) is 3.85. The van der Waals surface area contributed by atoms with Gasteiger partial charge in [-0.2, -0.15) is 0 Å². The summed E-state index contributed by atoms with van der Waals surface area (Å²) >= 11 is 0. The van der Waals surface area contributed by atoms with E-state index < -0.39 is 0 Å². The molecule has 2 heterocycles. The van der Waals surface area contributed by atoms with Crippen molar-refractivity contribution in [3.8, 4) is 0 Å². The van der Waals surface area contributed by atoms with E-state index in [1.54, 1.807) is 29.1 Å². The molecule has 0 aliphatic rings. The molecule has 10 heavy (non-hydrogen) atoms. The Morgan fingerprint density at radius 2 is 2.40 bits per heavy atom. The Morgan fingerprint density at radius 3 is 3.20 bits per heavy atom. The SMILES string of the molecule is [O-][n+]1ccn2cccnc21. The molecule has 50 valence electrons. The molecule has 4 heteroatoms. The zero-order chi connectivity index (χ0) is 6.97. The topological polar surface area (TPSA) is 44.2 Å². The molecule has 0 aromatic carbocycles. The molecule has 2 aromatic rings. The molecule has 0 saturated heterocycles. The van der Waals surface area contributed by atoms with E-state index in [1.165, 1.54) is 6.20 Å². The molecule has 2 rings (SSSR count). The normalized spacial score (nSPS) is 10.4. The maximum absolute atomic E-state index is 10.8. The quantitative estimate of drug-likeness (QED) is 0.376. The molecule has 0 unspecified atom stereocenters. The summed E-state index contributed by atoms with van der Waals surface area (Å²) in [6, 6.07) is 1.77. The van der Waals surface area contributed by atoms with Crippen molar-refractivity contribution in [2.45, 2.75) is 0 Å². The lowest BCUT2D eigenvalue weighted by Gasteiger charge is -1.93. The average molecular weight is 135 g/mol. The molecule has 0 atom stereocenters. The molecular weight excluding hydrogens is 130 g/mol. The van der Waals surface area contributed by atoms with Gasteiger partial charge in [0.25, 0.3) is 0 Å². The van der Waals surface area contributed by atoms with Crippen LogP contribution in [0.3, 0.4) is 0 Å². The second kappa shape index (κ2) is 1.70. The fourth-order valence-electron chi connectivity index (χ4n) is 0.860. The van der Waals surface area contributed by atoms with Crippen LogP contribution >= 0.6 is 0 Å². The summed E-state index contributed by atoms with van der Waals surface area (Å²) in [5.41, 5.74) is 0. The molecule has 0 spiro atoms. The second-order valence-electron chi connectivity index (χ2n) is 1.95. The van der Waals surface area contributed by atoms with Crippen LogP contribution in [0.25, 0.3) is 5.78 Å². The van der Waals surface area contributed by atoms with Crippen LogP contribution in [0.5, 0.6) is 0 Å². The largest absolute Gasteiger partial charge is 0.740 e. The van der Waals surface area contributed by atoms with Gasteiger partial charge in [-0.05, 0) is 0 Å². The highest BCUT2D eigenvalue weighted by molar-refractivity contribution is 5.18. The highest BCUT2D eigenvalue weighted by atomic mass is 16.5. The molecule has 0 radical (unpaired) electrons. The third-order valence-corrected chi connectivity index (χ3v) is 1.31. The van der Waals surface area contributed by atoms with Crippen molar-refractivity contribution in [3.63, 3.8) is 0 Å². The molecule has 0 aliphatic heterocycles. The lowest BCUT2D eigenvalue weighted by Crippen LogP contribution is -2.24. The van der Waals surface area contributed by atoms with Gasteiger partial charge in [-0.3, -0.25) is 0 Å². The number of fused-ring (bicyclic) bond motifs is 1. The number of imidazole rings is 1. The Bertz CT molecular complexity index is 355. The first-order chi connectivity index (χ1) is 4.88. The van der Waals surface area contributed by atoms with Crippen LogP contribution in [0.15, 0.2) is 30.9 Å². The van der Waals surface area contributed by atoms with E-state index in [9.17, 15) is 5.21 Å². The molecule has 0 amide bonds. The van der Waals surface area contributed by atoms with Crippen LogP contribution in [0.1, 0.15) is 0 Å². The van der Waals surface area contributed by atoms with Crippen molar-refractivity contribution in [1.29, 1.82) is 0 Å². The van der Waals surface area contributed by atoms with Gasteiger partial charge in [0.05, 0.1) is 12.4 Å². The number of aromatic nitrogens is 3. The highest BCUT2D eigenvalue weighted by Gasteiger charge is 2.00. The summed E-state index contributed by atoms with van der Waals surface area (Å²) in [5.74, 6) is 0.405. The number of rotatable bonds is 0. The van der Waals surface area contributed by atoms with Gasteiger partial charge in [-0.1, -0.05) is 4.98 Å². The maximum Gasteiger partial charge on any atom is 0.403 e. The fourth-order valence-corrected chi connectivity index (χ4v) is 0.860. The number of hydrogen-bond acceptors (Lipinski definition) is 2. The number of nitrogens with zero attached hydrogens (tertiary/aromatic N) is 3. The van der Waals surface area contributed by atoms with E-state index in [0.717, 1.165) is 4.73 Å². The average Bonchev–Trinajstić information content (AvgIpc) is 2.34. The van der Waals surface area contributed by atoms with Gasteiger partial charge in [0, 0.05) is 6.07 Å². The maximum atomic E-state index is 10.8. The molecular formula is C6H5N3O. The zero-order valence-electron chi connectivity index (χ0n) is 5.14. The molecule has 4 nitrogen and oxygen atoms in total. The van der Waals surface area contributed by atoms with Gasteiger partial charge in [0.15, 0.2) is 0 Å². The summed E-state index contributed by atoms with van der Waals surface area (Å²) in [5, 5.41) is 10.8. The first-order valence-corrected chi connectivity index (χ1v) is 2.89. The molecule has 0 N–H and O–H groups in total. The molecule has 0 aliphatic carbocycles. The Balaban J connectivity index is 2.93. The standard InChI is InChI=1S/C6H5N3O/c10-9-5-4-8-3-1-2-7-6(8)9/h1-5H. The molecule has 0 bridgehead atoms. The van der Waals surface area contributed by atoms with Crippen molar-refractivity contribution in [1.82, 2.24) is 9.38 Å². The van der Waals surface area contributed by atoms with Gasteiger partial charge in [-0.15, -0.1) is 0 Å². The van der Waals surface area contributed by atoms with Gasteiger partial charge in [0.1, 0.15) is 12.4 Å². The second-order valence-corrected chi connectivity index (χ2v) is 1.95. The van der Waals surface area contributed by atoms with Gasteiger partial charge < -0.3 is 5.21 Å². The predicted octanol–water partition coefficient (Wildman–Crippen LogP) is -0.0323. The summed E-state index contributed by atoms with van der Waals surface area (Å²) in [7, 11) is 0. The number of hydrogen-bond donors (Lipinski definition) is 0. The van der Waals surface area contributed by atoms with Crippen molar-refractivity contribution in [2.75, 3.05) is 0 Å². The van der Waals surface area contributed by atoms with E-state index >= 15 is 0 Å². The Morgan fingerprint density at radius 1 is 1.50 bits per heavy atom. The smallest absolute Gasteiger partial charge is 0.403 e. The zero-order valence-corrected chi connectivity index (χ0v) is 5.14. The van der Waals surface area contributed by atoms with Gasteiger partial charge >= 0.3 is 5.78 Å². The van der Waals surface area contributed by atoms with Crippen LogP contribution in [-0.2, 0) is 0 Å².